The van der Waals surface area contributed by atoms with E-state index in [1.807, 2.05) is 24.0 Å². The van der Waals surface area contributed by atoms with Crippen LogP contribution in [0.2, 0.25) is 0 Å². The van der Waals surface area contributed by atoms with Gasteiger partial charge in [-0.1, -0.05) is 24.6 Å². The van der Waals surface area contributed by atoms with E-state index in [4.69, 9.17) is 4.99 Å². The standard InChI is InChI=1S/C13H16BrN3S/c14-10-5-11(7-15-6-10)17-12-16-8-13(9-18-12)3-1-2-4-13/h5-7H,1-4,8-9H2,(H,16,17). The first kappa shape index (κ1) is 12.5. The molecule has 0 aromatic carbocycles. The molecule has 1 saturated carbocycles. The van der Waals surface area contributed by atoms with Gasteiger partial charge in [0, 0.05) is 23.0 Å². The molecule has 1 aliphatic carbocycles. The van der Waals surface area contributed by atoms with Crippen molar-refractivity contribution in [2.24, 2.45) is 10.4 Å². The average Bonchev–Trinajstić information content (AvgIpc) is 2.81. The highest BCUT2D eigenvalue weighted by Crippen LogP contribution is 2.43. The van der Waals surface area contributed by atoms with Crippen LogP contribution >= 0.6 is 27.7 Å². The predicted molar refractivity (Wildman–Crippen MR) is 81.2 cm³/mol. The van der Waals surface area contributed by atoms with Gasteiger partial charge in [0.25, 0.3) is 0 Å². The predicted octanol–water partition coefficient (Wildman–Crippen LogP) is 3.92. The third-order valence-electron chi connectivity index (χ3n) is 3.69. The zero-order chi connectivity index (χ0) is 12.4. The number of nitrogens with zero attached hydrogens (tertiary/aromatic N) is 2. The number of pyridine rings is 1. The lowest BCUT2D eigenvalue weighted by Gasteiger charge is -2.31. The number of nitrogens with one attached hydrogen (secondary N) is 1. The van der Waals surface area contributed by atoms with Gasteiger partial charge < -0.3 is 5.32 Å². The molecule has 0 bridgehead atoms. The highest BCUT2D eigenvalue weighted by atomic mass is 79.9. The number of anilines is 1. The lowest BCUT2D eigenvalue weighted by Crippen LogP contribution is -2.30. The number of hydrogen-bond donors (Lipinski definition) is 1. The van der Waals surface area contributed by atoms with E-state index in [0.717, 1.165) is 21.9 Å². The summed E-state index contributed by atoms with van der Waals surface area (Å²) in [4.78, 5) is 8.86. The van der Waals surface area contributed by atoms with E-state index in [9.17, 15) is 0 Å². The number of hydrogen-bond acceptors (Lipinski definition) is 4. The number of rotatable bonds is 1. The van der Waals surface area contributed by atoms with Gasteiger partial charge >= 0.3 is 0 Å². The van der Waals surface area contributed by atoms with E-state index >= 15 is 0 Å². The van der Waals surface area contributed by atoms with E-state index in [2.05, 4.69) is 26.2 Å². The Bertz CT molecular complexity index is 469. The van der Waals surface area contributed by atoms with Crippen LogP contribution < -0.4 is 5.32 Å². The van der Waals surface area contributed by atoms with E-state index < -0.39 is 0 Å². The molecule has 1 fully saturated rings. The molecule has 96 valence electrons. The number of aromatic nitrogens is 1. The molecule has 1 N–H and O–H groups in total. The van der Waals surface area contributed by atoms with Crippen molar-refractivity contribution in [3.8, 4) is 0 Å². The molecule has 0 amide bonds. The number of halogens is 1. The molecule has 1 spiro atoms. The van der Waals surface area contributed by atoms with Gasteiger partial charge in [-0.25, -0.2) is 0 Å². The molecule has 0 radical (unpaired) electrons. The first-order valence-corrected chi connectivity index (χ1v) is 8.09. The zero-order valence-electron chi connectivity index (χ0n) is 10.2. The number of aliphatic imine (C=N–C) groups is 1. The molecule has 3 rings (SSSR count). The Hall–Kier alpha value is -0.550. The third-order valence-corrected chi connectivity index (χ3v) is 5.39. The van der Waals surface area contributed by atoms with Crippen molar-refractivity contribution in [2.45, 2.75) is 25.7 Å². The molecular formula is C13H16BrN3S. The molecule has 1 aromatic rings. The van der Waals surface area contributed by atoms with Crippen LogP contribution in [0.4, 0.5) is 5.69 Å². The second-order valence-corrected chi connectivity index (χ2v) is 7.01. The summed E-state index contributed by atoms with van der Waals surface area (Å²) in [5, 5.41) is 4.38. The summed E-state index contributed by atoms with van der Waals surface area (Å²) < 4.78 is 0.987. The van der Waals surface area contributed by atoms with E-state index in [0.29, 0.717) is 5.41 Å². The molecule has 0 unspecified atom stereocenters. The molecule has 1 aliphatic heterocycles. The summed E-state index contributed by atoms with van der Waals surface area (Å²) in [5.41, 5.74) is 1.50. The lowest BCUT2D eigenvalue weighted by molar-refractivity contribution is 0.359. The van der Waals surface area contributed by atoms with Gasteiger partial charge in [-0.2, -0.15) is 0 Å². The van der Waals surface area contributed by atoms with Crippen LogP contribution in [-0.4, -0.2) is 22.4 Å². The Morgan fingerprint density at radius 3 is 2.78 bits per heavy atom. The number of amidine groups is 1. The van der Waals surface area contributed by atoms with Gasteiger partial charge in [-0.3, -0.25) is 9.98 Å². The van der Waals surface area contributed by atoms with Crippen LogP contribution in [0.25, 0.3) is 0 Å². The van der Waals surface area contributed by atoms with Crippen molar-refractivity contribution >= 4 is 38.5 Å². The Kier molecular flexibility index (Phi) is 3.61. The molecule has 2 aliphatic rings. The largest absolute Gasteiger partial charge is 0.334 e. The maximum atomic E-state index is 4.72. The fourth-order valence-electron chi connectivity index (χ4n) is 2.66. The Morgan fingerprint density at radius 2 is 2.11 bits per heavy atom. The Balaban J connectivity index is 1.66. The lowest BCUT2D eigenvalue weighted by atomic mass is 9.89. The highest BCUT2D eigenvalue weighted by molar-refractivity contribution is 9.10. The molecule has 5 heteroatoms. The van der Waals surface area contributed by atoms with Crippen molar-refractivity contribution in [1.29, 1.82) is 0 Å². The fourth-order valence-corrected chi connectivity index (χ4v) is 4.19. The molecule has 0 atom stereocenters. The summed E-state index contributed by atoms with van der Waals surface area (Å²) in [7, 11) is 0. The number of thioether (sulfide) groups is 1. The minimum Gasteiger partial charge on any atom is -0.334 e. The van der Waals surface area contributed by atoms with Gasteiger partial charge in [-0.05, 0) is 40.3 Å². The molecule has 2 heterocycles. The minimum atomic E-state index is 0.505. The third kappa shape index (κ3) is 2.72. The summed E-state index contributed by atoms with van der Waals surface area (Å²) in [6, 6.07) is 2.02. The molecular weight excluding hydrogens is 310 g/mol. The van der Waals surface area contributed by atoms with E-state index in [-0.39, 0.29) is 0 Å². The summed E-state index contributed by atoms with van der Waals surface area (Å²) in [6.07, 6.45) is 9.09. The maximum absolute atomic E-state index is 4.72. The summed E-state index contributed by atoms with van der Waals surface area (Å²) in [6.45, 7) is 0.990. The molecule has 0 saturated heterocycles. The quantitative estimate of drug-likeness (QED) is 0.850. The fraction of sp³-hybridized carbons (Fsp3) is 0.538. The van der Waals surface area contributed by atoms with Crippen LogP contribution in [0.3, 0.4) is 0 Å². The van der Waals surface area contributed by atoms with Gasteiger partial charge in [0.05, 0.1) is 11.9 Å². The first-order valence-electron chi connectivity index (χ1n) is 6.31. The van der Waals surface area contributed by atoms with Crippen molar-refractivity contribution in [3.63, 3.8) is 0 Å². The van der Waals surface area contributed by atoms with Crippen LogP contribution in [0, 0.1) is 5.41 Å². The van der Waals surface area contributed by atoms with Gasteiger partial charge in [0.2, 0.25) is 0 Å². The van der Waals surface area contributed by atoms with Crippen molar-refractivity contribution in [3.05, 3.63) is 22.9 Å². The maximum Gasteiger partial charge on any atom is 0.161 e. The summed E-state index contributed by atoms with van der Waals surface area (Å²) >= 11 is 5.28. The second-order valence-electron chi connectivity index (χ2n) is 5.13. The smallest absolute Gasteiger partial charge is 0.161 e. The normalized spacial score (nSPS) is 21.9. The SMILES string of the molecule is Brc1cncc(NC2=NCC3(CCCC3)CS2)c1. The summed E-state index contributed by atoms with van der Waals surface area (Å²) in [5.74, 6) is 1.21. The van der Waals surface area contributed by atoms with Gasteiger partial charge in [0.1, 0.15) is 0 Å². The topological polar surface area (TPSA) is 37.3 Å². The van der Waals surface area contributed by atoms with Crippen molar-refractivity contribution in [2.75, 3.05) is 17.6 Å². The molecule has 18 heavy (non-hydrogen) atoms. The van der Waals surface area contributed by atoms with Crippen molar-refractivity contribution < 1.29 is 0 Å². The van der Waals surface area contributed by atoms with Crippen LogP contribution in [0.5, 0.6) is 0 Å². The highest BCUT2D eigenvalue weighted by Gasteiger charge is 2.36. The zero-order valence-corrected chi connectivity index (χ0v) is 12.6. The van der Waals surface area contributed by atoms with Crippen LogP contribution in [0.15, 0.2) is 27.9 Å². The van der Waals surface area contributed by atoms with E-state index in [1.165, 1.54) is 31.4 Å². The molecule has 1 aromatic heterocycles. The average molecular weight is 326 g/mol. The minimum absolute atomic E-state index is 0.505. The molecule has 3 nitrogen and oxygen atoms in total. The monoisotopic (exact) mass is 325 g/mol. The van der Waals surface area contributed by atoms with Crippen LogP contribution in [-0.2, 0) is 0 Å². The Morgan fingerprint density at radius 1 is 1.28 bits per heavy atom. The van der Waals surface area contributed by atoms with Gasteiger partial charge in [-0.15, -0.1) is 0 Å². The first-order chi connectivity index (χ1) is 8.76. The van der Waals surface area contributed by atoms with Crippen LogP contribution in [0.1, 0.15) is 25.7 Å². The van der Waals surface area contributed by atoms with Crippen molar-refractivity contribution in [1.82, 2.24) is 4.98 Å². The van der Waals surface area contributed by atoms with Gasteiger partial charge in [0.15, 0.2) is 5.17 Å². The van der Waals surface area contributed by atoms with E-state index in [1.54, 1.807) is 6.20 Å². The Labute approximate surface area is 120 Å². The second kappa shape index (κ2) is 5.21.